The van der Waals surface area contributed by atoms with Crippen LogP contribution in [0.4, 0.5) is 16.9 Å². The molecule has 1 aromatic carbocycles. The lowest BCUT2D eigenvalue weighted by molar-refractivity contribution is -0.132. The summed E-state index contributed by atoms with van der Waals surface area (Å²) in [7, 11) is -3.79. The van der Waals surface area contributed by atoms with E-state index in [9.17, 15) is 23.1 Å². The van der Waals surface area contributed by atoms with Crippen LogP contribution in [0.25, 0.3) is 0 Å². The molecular weight excluding hydrogens is 592 g/mol. The molecule has 4 heterocycles. The van der Waals surface area contributed by atoms with Crippen LogP contribution in [0.15, 0.2) is 35.2 Å². The van der Waals surface area contributed by atoms with Gasteiger partial charge in [-0.25, -0.2) is 28.3 Å². The number of thiazole rings is 1. The number of nitrogens with two attached hydrogens (primary N) is 1. The lowest BCUT2D eigenvalue weighted by atomic mass is 9.99. The van der Waals surface area contributed by atoms with Gasteiger partial charge in [-0.15, -0.1) is 0 Å². The van der Waals surface area contributed by atoms with Gasteiger partial charge in [0.05, 0.1) is 22.7 Å². The fraction of sp³-hybridized carbons (Fsp3) is 0.464. The Kier molecular flexibility index (Phi) is 9.54. The summed E-state index contributed by atoms with van der Waals surface area (Å²) in [6, 6.07) is 8.41. The Morgan fingerprint density at radius 2 is 1.74 bits per heavy atom. The summed E-state index contributed by atoms with van der Waals surface area (Å²) < 4.78 is 23.1. The van der Waals surface area contributed by atoms with Crippen LogP contribution < -0.4 is 15.8 Å². The molecule has 1 amide bonds. The molecular formula is C28H36N8O5S2. The first-order chi connectivity index (χ1) is 20.5. The van der Waals surface area contributed by atoms with Crippen molar-refractivity contribution >= 4 is 50.1 Å². The zero-order valence-electron chi connectivity index (χ0n) is 24.0. The molecule has 2 saturated heterocycles. The zero-order chi connectivity index (χ0) is 30.6. The van der Waals surface area contributed by atoms with Gasteiger partial charge in [-0.2, -0.15) is 4.98 Å². The van der Waals surface area contributed by atoms with E-state index < -0.39 is 16.0 Å². The topological polar surface area (TPSA) is 184 Å². The number of carbonyl (C=O) groups is 2. The van der Waals surface area contributed by atoms with Gasteiger partial charge in [-0.3, -0.25) is 10.1 Å². The van der Waals surface area contributed by atoms with Gasteiger partial charge in [-0.05, 0) is 63.4 Å². The Morgan fingerprint density at radius 3 is 2.37 bits per heavy atom. The Bertz CT molecular complexity index is 1560. The number of aromatic carboxylic acids is 1. The lowest BCUT2D eigenvalue weighted by Gasteiger charge is -2.40. The molecule has 2 aliphatic rings. The van der Waals surface area contributed by atoms with Gasteiger partial charge >= 0.3 is 5.97 Å². The fourth-order valence-electron chi connectivity index (χ4n) is 5.50. The molecule has 0 bridgehead atoms. The number of nitrogens with one attached hydrogen (secondary N) is 2. The number of hydrogen-bond acceptors (Lipinski definition) is 11. The van der Waals surface area contributed by atoms with Crippen LogP contribution in [0.2, 0.25) is 0 Å². The summed E-state index contributed by atoms with van der Waals surface area (Å²) in [5, 5.41) is 21.1. The highest BCUT2D eigenvalue weighted by Gasteiger charge is 2.28. The molecule has 5 N–H and O–H groups in total. The second-order valence-corrected chi connectivity index (χ2v) is 13.4. The van der Waals surface area contributed by atoms with E-state index in [2.05, 4.69) is 30.5 Å². The van der Waals surface area contributed by atoms with E-state index in [1.54, 1.807) is 25.1 Å². The molecule has 13 nitrogen and oxygen atoms in total. The highest BCUT2D eigenvalue weighted by molar-refractivity contribution is 7.89. The van der Waals surface area contributed by atoms with Crippen LogP contribution in [-0.4, -0.2) is 82.4 Å². The molecule has 2 fully saturated rings. The number of rotatable bonds is 10. The van der Waals surface area contributed by atoms with Crippen molar-refractivity contribution in [3.8, 4) is 0 Å². The number of piperidine rings is 2. The first kappa shape index (κ1) is 30.8. The number of aromatic nitrogens is 3. The quantitative estimate of drug-likeness (QED) is 0.259. The van der Waals surface area contributed by atoms with Gasteiger partial charge in [0.2, 0.25) is 21.9 Å². The number of benzene rings is 1. The molecule has 0 radical (unpaired) electrons. The highest BCUT2D eigenvalue weighted by atomic mass is 32.2. The molecule has 0 saturated carbocycles. The summed E-state index contributed by atoms with van der Waals surface area (Å²) in [5.41, 5.74) is 1.66. The third kappa shape index (κ3) is 8.04. The van der Waals surface area contributed by atoms with Crippen LogP contribution in [-0.2, 0) is 27.8 Å². The molecule has 230 valence electrons. The van der Waals surface area contributed by atoms with Gasteiger partial charge in [-0.1, -0.05) is 29.9 Å². The number of primary sulfonamides is 1. The molecule has 3 aromatic rings. The van der Waals surface area contributed by atoms with Gasteiger partial charge in [0, 0.05) is 31.7 Å². The van der Waals surface area contributed by atoms with Gasteiger partial charge in [0.15, 0.2) is 5.13 Å². The van der Waals surface area contributed by atoms with Crippen molar-refractivity contribution in [2.24, 2.45) is 5.14 Å². The fourth-order valence-corrected chi connectivity index (χ4v) is 6.81. The van der Waals surface area contributed by atoms with E-state index in [4.69, 9.17) is 5.14 Å². The summed E-state index contributed by atoms with van der Waals surface area (Å²) in [5.74, 6) is -0.467. The van der Waals surface area contributed by atoms with Gasteiger partial charge in [0.1, 0.15) is 10.7 Å². The second-order valence-electron chi connectivity index (χ2n) is 10.9. The van der Waals surface area contributed by atoms with E-state index in [0.717, 1.165) is 42.8 Å². The van der Waals surface area contributed by atoms with Crippen molar-refractivity contribution in [1.29, 1.82) is 0 Å². The normalized spacial score (nSPS) is 16.7. The number of hydrogen-bond donors (Lipinski definition) is 4. The van der Waals surface area contributed by atoms with Crippen LogP contribution >= 0.6 is 11.3 Å². The van der Waals surface area contributed by atoms with Gasteiger partial charge in [0.25, 0.3) is 0 Å². The molecule has 0 aliphatic carbocycles. The van der Waals surface area contributed by atoms with Crippen molar-refractivity contribution in [3.63, 3.8) is 0 Å². The number of carboxylic acid groups (broad SMARTS) is 1. The highest BCUT2D eigenvalue weighted by Crippen LogP contribution is 2.26. The van der Waals surface area contributed by atoms with E-state index in [0.29, 0.717) is 48.0 Å². The van der Waals surface area contributed by atoms with Crippen molar-refractivity contribution in [2.75, 3.05) is 36.8 Å². The number of aryl methyl sites for hydroxylation is 1. The first-order valence-corrected chi connectivity index (χ1v) is 16.6. The van der Waals surface area contributed by atoms with E-state index in [-0.39, 0.29) is 28.0 Å². The lowest BCUT2D eigenvalue weighted by Crippen LogP contribution is -2.48. The molecule has 15 heteroatoms. The van der Waals surface area contributed by atoms with Crippen molar-refractivity contribution in [3.05, 3.63) is 52.2 Å². The van der Waals surface area contributed by atoms with Crippen molar-refractivity contribution < 1.29 is 23.1 Å². The molecule has 5 rings (SSSR count). The summed E-state index contributed by atoms with van der Waals surface area (Å²) in [6.45, 7) is 5.65. The van der Waals surface area contributed by atoms with E-state index in [1.165, 1.54) is 31.4 Å². The Labute approximate surface area is 254 Å². The average molecular weight is 629 g/mol. The minimum Gasteiger partial charge on any atom is -0.477 e. The molecule has 2 aromatic heterocycles. The van der Waals surface area contributed by atoms with E-state index >= 15 is 0 Å². The third-order valence-electron chi connectivity index (χ3n) is 7.77. The molecule has 0 atom stereocenters. The predicted molar refractivity (Wildman–Crippen MR) is 163 cm³/mol. The number of likely N-dealkylation sites (tertiary alicyclic amines) is 2. The zero-order valence-corrected chi connectivity index (χ0v) is 25.6. The van der Waals surface area contributed by atoms with Crippen LogP contribution in [0.1, 0.15) is 58.7 Å². The molecule has 2 aliphatic heterocycles. The Morgan fingerprint density at radius 1 is 1.05 bits per heavy atom. The standard InChI is InChI=1S/C28H36N8O5S2/c1-18-25(26(38)39)42-28(31-18)34-27-32-20(15-23(33-27)30-17-19-5-7-22(8-6-19)43(29,40)41)16-24(37)36-13-9-21(10-14-36)35-11-3-2-4-12-35/h5-8,15,21H,2-4,9-14,16-17H2,1H3,(H,38,39)(H2,29,40,41)(H2,30,31,32,33,34). The maximum Gasteiger partial charge on any atom is 0.347 e. The first-order valence-electron chi connectivity index (χ1n) is 14.3. The maximum atomic E-state index is 13.3. The minimum absolute atomic E-state index is 0.00969. The van der Waals surface area contributed by atoms with Crippen LogP contribution in [0.3, 0.4) is 0 Å². The molecule has 0 spiro atoms. The summed E-state index contributed by atoms with van der Waals surface area (Å²) in [6.07, 6.45) is 5.82. The summed E-state index contributed by atoms with van der Waals surface area (Å²) in [4.78, 5) is 42.8. The molecule has 43 heavy (non-hydrogen) atoms. The Hall–Kier alpha value is -3.66. The Balaban J connectivity index is 1.29. The predicted octanol–water partition coefficient (Wildman–Crippen LogP) is 2.96. The van der Waals surface area contributed by atoms with Crippen LogP contribution in [0.5, 0.6) is 0 Å². The third-order valence-corrected chi connectivity index (χ3v) is 9.76. The van der Waals surface area contributed by atoms with Gasteiger partial charge < -0.3 is 20.2 Å². The number of nitrogens with zero attached hydrogens (tertiary/aromatic N) is 5. The van der Waals surface area contributed by atoms with Crippen molar-refractivity contribution in [2.45, 2.75) is 62.9 Å². The molecule has 0 unspecified atom stereocenters. The number of sulfonamides is 1. The van der Waals surface area contributed by atoms with Crippen LogP contribution in [0, 0.1) is 6.92 Å². The monoisotopic (exact) mass is 628 g/mol. The SMILES string of the molecule is Cc1nc(Nc2nc(CC(=O)N3CCC(N4CCCCC4)CC3)cc(NCc3ccc(S(N)(=O)=O)cc3)n2)sc1C(=O)O. The largest absolute Gasteiger partial charge is 0.477 e. The average Bonchev–Trinajstić information content (AvgIpc) is 3.36. The van der Waals surface area contributed by atoms with E-state index in [1.807, 2.05) is 4.90 Å². The number of anilines is 3. The number of carboxylic acids is 1. The maximum absolute atomic E-state index is 13.3. The minimum atomic E-state index is -3.79. The smallest absolute Gasteiger partial charge is 0.347 e. The second kappa shape index (κ2) is 13.3. The summed E-state index contributed by atoms with van der Waals surface area (Å²) >= 11 is 0.975. The number of amides is 1. The van der Waals surface area contributed by atoms with Crippen molar-refractivity contribution in [1.82, 2.24) is 24.8 Å². The number of carbonyl (C=O) groups excluding carboxylic acids is 1.